The molecule has 2 unspecified atom stereocenters. The molecule has 3 aromatic heterocycles. The normalized spacial score (nSPS) is 12.9. The van der Waals surface area contributed by atoms with Gasteiger partial charge in [-0.15, -0.1) is 0 Å². The summed E-state index contributed by atoms with van der Waals surface area (Å²) < 4.78 is 10.9. The fourth-order valence-electron chi connectivity index (χ4n) is 7.73. The minimum atomic E-state index is 0.408. The van der Waals surface area contributed by atoms with Gasteiger partial charge in [0.1, 0.15) is 17.3 Å². The minimum absolute atomic E-state index is 0.408. The van der Waals surface area contributed by atoms with E-state index in [-0.39, 0.29) is 0 Å². The summed E-state index contributed by atoms with van der Waals surface area (Å²) in [5.74, 6) is 4.07. The minimum Gasteiger partial charge on any atom is -0.457 e. The zero-order valence-corrected chi connectivity index (χ0v) is 33.0. The van der Waals surface area contributed by atoms with Crippen LogP contribution in [0.2, 0.25) is 0 Å². The van der Waals surface area contributed by atoms with Crippen molar-refractivity contribution < 1.29 is 4.74 Å². The van der Waals surface area contributed by atoms with Gasteiger partial charge in [-0.25, -0.2) is 9.67 Å². The summed E-state index contributed by atoms with van der Waals surface area (Å²) in [6, 6.07) is 27.5. The summed E-state index contributed by atoms with van der Waals surface area (Å²) in [5, 5.41) is 7.32. The van der Waals surface area contributed by atoms with E-state index >= 15 is 0 Å². The molecule has 0 bridgehead atoms. The first kappa shape index (κ1) is 36.2. The second kappa shape index (κ2) is 15.1. The van der Waals surface area contributed by atoms with Gasteiger partial charge in [-0.3, -0.25) is 4.57 Å². The Kier molecular flexibility index (Phi) is 10.3. The number of hydrogen-bond donors (Lipinski definition) is 0. The maximum absolute atomic E-state index is 6.61. The van der Waals surface area contributed by atoms with Gasteiger partial charge in [-0.1, -0.05) is 78.6 Å². The predicted molar refractivity (Wildman–Crippen MR) is 222 cm³/mol. The number of rotatable bonds is 12. The van der Waals surface area contributed by atoms with Crippen molar-refractivity contribution >= 4 is 21.8 Å². The summed E-state index contributed by atoms with van der Waals surface area (Å²) in [5.41, 5.74) is 14.2. The predicted octanol–water partition coefficient (Wildman–Crippen LogP) is 13.0. The van der Waals surface area contributed by atoms with E-state index in [2.05, 4.69) is 146 Å². The van der Waals surface area contributed by atoms with E-state index < -0.39 is 0 Å². The maximum Gasteiger partial charge on any atom is 0.137 e. The average molecular weight is 703 g/mol. The molecule has 5 nitrogen and oxygen atoms in total. The molecule has 0 aliphatic carbocycles. The molecule has 0 fully saturated rings. The Morgan fingerprint density at radius 3 is 2.06 bits per heavy atom. The number of para-hydroxylation sites is 1. The highest BCUT2D eigenvalue weighted by Crippen LogP contribution is 2.39. The van der Waals surface area contributed by atoms with Crippen molar-refractivity contribution in [3.63, 3.8) is 0 Å². The SMILES string of the molecule is CCC(C)Cc1c(C)c(C)c(C)c(CC(C)CC)c1-c1cnn(-c2cccc(Oc3ccc4c5ccccc5n(-c5cc(C(C)C)ccn5)c4c3)c2)c1. The zero-order chi connectivity index (χ0) is 37.4. The van der Waals surface area contributed by atoms with Crippen LogP contribution in [0.25, 0.3) is 44.4 Å². The van der Waals surface area contributed by atoms with Gasteiger partial charge >= 0.3 is 0 Å². The standard InChI is InChI=1S/C48H54N4O/c1-10-31(5)23-43-34(8)33(7)35(9)44(24-32(6)11-2)48(43)37-28-50-51(29-37)38-15-14-16-39(26-38)53-40-19-20-42-41-17-12-13-18-45(41)52(46(42)27-40)47-25-36(30(3)4)21-22-49-47/h12-22,25-32H,10-11,23-24H2,1-9H3. The molecule has 5 heteroatoms. The number of nitrogens with zero attached hydrogens (tertiary/aromatic N) is 4. The Morgan fingerprint density at radius 1 is 0.679 bits per heavy atom. The van der Waals surface area contributed by atoms with Gasteiger partial charge < -0.3 is 4.74 Å². The van der Waals surface area contributed by atoms with Crippen LogP contribution in [0.3, 0.4) is 0 Å². The Morgan fingerprint density at radius 2 is 1.36 bits per heavy atom. The molecule has 0 saturated heterocycles. The van der Waals surface area contributed by atoms with Crippen molar-refractivity contribution in [1.82, 2.24) is 19.3 Å². The summed E-state index contributed by atoms with van der Waals surface area (Å²) in [6.45, 7) is 20.7. The van der Waals surface area contributed by atoms with E-state index in [0.29, 0.717) is 17.8 Å². The van der Waals surface area contributed by atoms with Crippen LogP contribution in [-0.2, 0) is 12.8 Å². The van der Waals surface area contributed by atoms with Crippen LogP contribution in [0, 0.1) is 32.6 Å². The number of ether oxygens (including phenoxy) is 1. The number of benzene rings is 4. The Labute approximate surface area is 315 Å². The van der Waals surface area contributed by atoms with Crippen molar-refractivity contribution in [2.24, 2.45) is 11.8 Å². The lowest BCUT2D eigenvalue weighted by atomic mass is 9.79. The highest BCUT2D eigenvalue weighted by Gasteiger charge is 2.23. The molecular formula is C48H54N4O. The third-order valence-electron chi connectivity index (χ3n) is 11.6. The topological polar surface area (TPSA) is 44.9 Å². The molecule has 272 valence electrons. The first-order valence-corrected chi connectivity index (χ1v) is 19.5. The zero-order valence-electron chi connectivity index (χ0n) is 33.0. The summed E-state index contributed by atoms with van der Waals surface area (Å²) in [4.78, 5) is 4.82. The second-order valence-corrected chi connectivity index (χ2v) is 15.5. The van der Waals surface area contributed by atoms with E-state index in [4.69, 9.17) is 14.8 Å². The molecule has 0 radical (unpaired) electrons. The first-order chi connectivity index (χ1) is 25.6. The molecule has 0 saturated carbocycles. The van der Waals surface area contributed by atoms with E-state index in [1.165, 1.54) is 55.3 Å². The molecule has 53 heavy (non-hydrogen) atoms. The first-order valence-electron chi connectivity index (χ1n) is 19.5. The van der Waals surface area contributed by atoms with Crippen molar-refractivity contribution in [2.45, 2.75) is 93.9 Å². The van der Waals surface area contributed by atoms with Crippen molar-refractivity contribution in [3.05, 3.63) is 131 Å². The number of hydrogen-bond acceptors (Lipinski definition) is 3. The fourth-order valence-corrected chi connectivity index (χ4v) is 7.73. The lowest BCUT2D eigenvalue weighted by Crippen LogP contribution is -2.11. The van der Waals surface area contributed by atoms with Crippen LogP contribution in [-0.4, -0.2) is 19.3 Å². The molecule has 0 aliphatic heterocycles. The fraction of sp³-hybridized carbons (Fsp3) is 0.333. The monoisotopic (exact) mass is 702 g/mol. The highest BCUT2D eigenvalue weighted by molar-refractivity contribution is 6.09. The van der Waals surface area contributed by atoms with E-state index in [1.807, 2.05) is 23.0 Å². The second-order valence-electron chi connectivity index (χ2n) is 15.5. The molecule has 2 atom stereocenters. The molecule has 0 spiro atoms. The Bertz CT molecular complexity index is 2370. The van der Waals surface area contributed by atoms with Gasteiger partial charge in [0.05, 0.1) is 22.9 Å². The summed E-state index contributed by atoms with van der Waals surface area (Å²) >= 11 is 0. The van der Waals surface area contributed by atoms with Crippen molar-refractivity contribution in [3.8, 4) is 34.1 Å². The number of aromatic nitrogens is 4. The van der Waals surface area contributed by atoms with E-state index in [9.17, 15) is 0 Å². The van der Waals surface area contributed by atoms with Crippen LogP contribution in [0.1, 0.15) is 93.7 Å². The largest absolute Gasteiger partial charge is 0.457 e. The van der Waals surface area contributed by atoms with Gasteiger partial charge in [0.2, 0.25) is 0 Å². The van der Waals surface area contributed by atoms with Gasteiger partial charge in [0, 0.05) is 40.9 Å². The third-order valence-corrected chi connectivity index (χ3v) is 11.6. The Hall–Kier alpha value is -5.16. The van der Waals surface area contributed by atoms with Crippen LogP contribution in [0.4, 0.5) is 0 Å². The Balaban J connectivity index is 1.26. The maximum atomic E-state index is 6.61. The lowest BCUT2D eigenvalue weighted by molar-refractivity contribution is 0.483. The van der Waals surface area contributed by atoms with Gasteiger partial charge in [0.15, 0.2) is 0 Å². The molecule has 0 aliphatic rings. The lowest BCUT2D eigenvalue weighted by Gasteiger charge is -2.25. The molecular weight excluding hydrogens is 649 g/mol. The number of fused-ring (bicyclic) bond motifs is 3. The molecule has 7 rings (SSSR count). The number of pyridine rings is 1. The van der Waals surface area contributed by atoms with E-state index in [1.54, 1.807) is 0 Å². The summed E-state index contributed by atoms with van der Waals surface area (Å²) in [7, 11) is 0. The van der Waals surface area contributed by atoms with Crippen LogP contribution >= 0.6 is 0 Å². The molecule has 0 amide bonds. The molecule has 0 N–H and O–H groups in total. The van der Waals surface area contributed by atoms with Gasteiger partial charge in [0.25, 0.3) is 0 Å². The third kappa shape index (κ3) is 7.02. The van der Waals surface area contributed by atoms with Gasteiger partial charge in [-0.05, 0) is 133 Å². The summed E-state index contributed by atoms with van der Waals surface area (Å²) in [6.07, 6.45) is 10.7. The van der Waals surface area contributed by atoms with Crippen LogP contribution in [0.5, 0.6) is 11.5 Å². The smallest absolute Gasteiger partial charge is 0.137 e. The molecule has 3 heterocycles. The van der Waals surface area contributed by atoms with Crippen molar-refractivity contribution in [1.29, 1.82) is 0 Å². The molecule has 7 aromatic rings. The van der Waals surface area contributed by atoms with Crippen LogP contribution in [0.15, 0.2) is 97.5 Å². The van der Waals surface area contributed by atoms with Gasteiger partial charge in [-0.2, -0.15) is 5.10 Å². The average Bonchev–Trinajstić information content (AvgIpc) is 3.79. The molecule has 4 aromatic carbocycles. The van der Waals surface area contributed by atoms with E-state index in [0.717, 1.165) is 59.7 Å². The van der Waals surface area contributed by atoms with Crippen LogP contribution < -0.4 is 4.74 Å². The van der Waals surface area contributed by atoms with Crippen molar-refractivity contribution in [2.75, 3.05) is 0 Å². The quantitative estimate of drug-likeness (QED) is 0.127. The highest BCUT2D eigenvalue weighted by atomic mass is 16.5.